The molecule has 164 valence electrons. The molecule has 0 radical (unpaired) electrons. The van der Waals surface area contributed by atoms with Crippen molar-refractivity contribution in [2.45, 2.75) is 96.2 Å². The number of ether oxygens (including phenoxy) is 2. The van der Waals surface area contributed by atoms with E-state index in [0.29, 0.717) is 13.0 Å². The lowest BCUT2D eigenvalue weighted by Crippen LogP contribution is -2.58. The number of carbonyl (C=O) groups is 1. The van der Waals surface area contributed by atoms with Gasteiger partial charge in [-0.1, -0.05) is 32.9 Å². The molecule has 1 N–H and O–H groups in total. The van der Waals surface area contributed by atoms with Crippen molar-refractivity contribution >= 4 is 14.4 Å². The summed E-state index contributed by atoms with van der Waals surface area (Å²) in [4.78, 5) is 13.4. The van der Waals surface area contributed by atoms with Gasteiger partial charge in [0.05, 0.1) is 24.8 Å². The van der Waals surface area contributed by atoms with E-state index in [0.717, 1.165) is 0 Å². The number of nitriles is 1. The van der Waals surface area contributed by atoms with E-state index < -0.39 is 44.5 Å². The Morgan fingerprint density at radius 3 is 2.45 bits per heavy atom. The molecule has 2 aliphatic heterocycles. The molecule has 2 aliphatic rings. The summed E-state index contributed by atoms with van der Waals surface area (Å²) in [6, 6.07) is 0.945. The molecule has 0 bridgehead atoms. The molecule has 8 heteroatoms. The van der Waals surface area contributed by atoms with E-state index >= 15 is 0 Å². The molecule has 0 aromatic rings. The summed E-state index contributed by atoms with van der Waals surface area (Å²) in [5.41, 5.74) is 0. The average Bonchev–Trinajstić information content (AvgIpc) is 3.12. The van der Waals surface area contributed by atoms with Crippen LogP contribution in [0.5, 0.6) is 0 Å². The molecule has 0 aromatic carbocycles. The van der Waals surface area contributed by atoms with Crippen LogP contribution in [0.25, 0.3) is 0 Å². The molecule has 0 aromatic heterocycles. The van der Waals surface area contributed by atoms with Crippen LogP contribution in [0.3, 0.4) is 0 Å². The number of amides is 1. The Morgan fingerprint density at radius 1 is 1.41 bits per heavy atom. The maximum atomic E-state index is 12.2. The molecular formula is C21H36N2O5Si. The van der Waals surface area contributed by atoms with Crippen molar-refractivity contribution in [1.29, 1.82) is 5.26 Å². The first kappa shape index (κ1) is 23.9. The van der Waals surface area contributed by atoms with Gasteiger partial charge < -0.3 is 19.0 Å². The fourth-order valence-electron chi connectivity index (χ4n) is 3.90. The number of nitrogens with zero attached hydrogens (tertiary/aromatic N) is 2. The standard InChI is InChI=1S/C21H36N2O5Si/c1-9-10-14-11-15(12-22)23(19(24)25)17(14)18(16-13-26-21(5,6)27-16)28-29(7,8)20(2,3)4/h9-10,14-18H,11,13H2,1-8H3,(H,24,25)/b10-9-/t14-,15-,16-,17-,18?/m1/s1. The van der Waals surface area contributed by atoms with Crippen molar-refractivity contribution in [3.8, 4) is 6.07 Å². The lowest BCUT2D eigenvalue weighted by atomic mass is 9.92. The molecule has 2 rings (SSSR count). The van der Waals surface area contributed by atoms with Gasteiger partial charge >= 0.3 is 6.09 Å². The largest absolute Gasteiger partial charge is 0.465 e. The fraction of sp³-hybridized carbons (Fsp3) is 0.810. The summed E-state index contributed by atoms with van der Waals surface area (Å²) in [5.74, 6) is -0.875. The number of carboxylic acid groups (broad SMARTS) is 1. The maximum Gasteiger partial charge on any atom is 0.408 e. The Morgan fingerprint density at radius 2 is 2.03 bits per heavy atom. The number of hydrogen-bond donors (Lipinski definition) is 1. The highest BCUT2D eigenvalue weighted by molar-refractivity contribution is 6.74. The molecule has 1 amide bonds. The van der Waals surface area contributed by atoms with Crippen LogP contribution in [0, 0.1) is 17.2 Å². The third kappa shape index (κ3) is 5.02. The molecule has 29 heavy (non-hydrogen) atoms. The molecule has 7 nitrogen and oxygen atoms in total. The van der Waals surface area contributed by atoms with Gasteiger partial charge in [-0.3, -0.25) is 4.90 Å². The van der Waals surface area contributed by atoms with Gasteiger partial charge in [-0.05, 0) is 45.3 Å². The van der Waals surface area contributed by atoms with Gasteiger partial charge in [0, 0.05) is 5.92 Å². The van der Waals surface area contributed by atoms with E-state index in [1.807, 2.05) is 32.9 Å². The Kier molecular flexibility index (Phi) is 6.90. The van der Waals surface area contributed by atoms with Crippen LogP contribution < -0.4 is 0 Å². The zero-order valence-electron chi connectivity index (χ0n) is 18.9. The Balaban J connectivity index is 2.52. The van der Waals surface area contributed by atoms with Crippen molar-refractivity contribution in [1.82, 2.24) is 4.90 Å². The third-order valence-electron chi connectivity index (χ3n) is 6.37. The second-order valence-corrected chi connectivity index (χ2v) is 14.7. The third-order valence-corrected chi connectivity index (χ3v) is 10.8. The minimum atomic E-state index is -2.26. The fourth-order valence-corrected chi connectivity index (χ4v) is 5.23. The Bertz CT molecular complexity index is 680. The molecule has 2 heterocycles. The lowest BCUT2D eigenvalue weighted by Gasteiger charge is -2.44. The van der Waals surface area contributed by atoms with Crippen LogP contribution in [-0.2, 0) is 13.9 Å². The van der Waals surface area contributed by atoms with Crippen LogP contribution in [0.1, 0.15) is 48.0 Å². The molecule has 0 spiro atoms. The Labute approximate surface area is 175 Å². The summed E-state index contributed by atoms with van der Waals surface area (Å²) in [7, 11) is -2.26. The van der Waals surface area contributed by atoms with Gasteiger partial charge in [-0.2, -0.15) is 5.26 Å². The summed E-state index contributed by atoms with van der Waals surface area (Å²) >= 11 is 0. The van der Waals surface area contributed by atoms with Crippen LogP contribution in [0.2, 0.25) is 18.1 Å². The zero-order chi connectivity index (χ0) is 22.2. The van der Waals surface area contributed by atoms with E-state index in [4.69, 9.17) is 13.9 Å². The number of rotatable bonds is 5. The van der Waals surface area contributed by atoms with Crippen molar-refractivity contribution in [2.75, 3.05) is 6.61 Å². The minimum absolute atomic E-state index is 0.0579. The number of hydrogen-bond acceptors (Lipinski definition) is 5. The molecule has 0 aliphatic carbocycles. The molecule has 5 atom stereocenters. The van der Waals surface area contributed by atoms with E-state index in [-0.39, 0.29) is 11.0 Å². The van der Waals surface area contributed by atoms with E-state index in [2.05, 4.69) is 39.9 Å². The van der Waals surface area contributed by atoms with Crippen LogP contribution in [-0.4, -0.2) is 61.1 Å². The summed E-state index contributed by atoms with van der Waals surface area (Å²) in [6.07, 6.45) is 2.32. The topological polar surface area (TPSA) is 92.0 Å². The molecule has 1 unspecified atom stereocenters. The van der Waals surface area contributed by atoms with Gasteiger partial charge in [0.1, 0.15) is 12.1 Å². The Hall–Kier alpha value is -1.40. The number of allylic oxidation sites excluding steroid dienone is 1. The molecule has 2 saturated heterocycles. The van der Waals surface area contributed by atoms with E-state index in [1.54, 1.807) is 0 Å². The van der Waals surface area contributed by atoms with E-state index in [9.17, 15) is 15.2 Å². The average molecular weight is 425 g/mol. The first-order chi connectivity index (χ1) is 13.2. The van der Waals surface area contributed by atoms with Crippen LogP contribution >= 0.6 is 0 Å². The van der Waals surface area contributed by atoms with Gasteiger partial charge in [0.2, 0.25) is 0 Å². The summed E-state index contributed by atoms with van der Waals surface area (Å²) < 4.78 is 18.8. The van der Waals surface area contributed by atoms with Crippen molar-refractivity contribution in [3.63, 3.8) is 0 Å². The number of likely N-dealkylation sites (tertiary alicyclic amines) is 1. The predicted octanol–water partition coefficient (Wildman–Crippen LogP) is 4.37. The van der Waals surface area contributed by atoms with Crippen LogP contribution in [0.4, 0.5) is 4.79 Å². The normalized spacial score (nSPS) is 31.2. The van der Waals surface area contributed by atoms with Gasteiger partial charge in [-0.25, -0.2) is 4.79 Å². The quantitative estimate of drug-likeness (QED) is 0.520. The molecular weight excluding hydrogens is 388 g/mol. The van der Waals surface area contributed by atoms with Gasteiger partial charge in [0.15, 0.2) is 14.1 Å². The zero-order valence-corrected chi connectivity index (χ0v) is 19.9. The van der Waals surface area contributed by atoms with Crippen molar-refractivity contribution in [2.24, 2.45) is 5.92 Å². The smallest absolute Gasteiger partial charge is 0.408 e. The van der Waals surface area contributed by atoms with Crippen LogP contribution in [0.15, 0.2) is 12.2 Å². The van der Waals surface area contributed by atoms with E-state index in [1.165, 1.54) is 4.90 Å². The maximum absolute atomic E-state index is 12.2. The van der Waals surface area contributed by atoms with Gasteiger partial charge in [0.25, 0.3) is 0 Å². The molecule has 0 saturated carbocycles. The van der Waals surface area contributed by atoms with Crippen molar-refractivity contribution < 1.29 is 23.8 Å². The highest BCUT2D eigenvalue weighted by atomic mass is 28.4. The highest BCUT2D eigenvalue weighted by Crippen LogP contribution is 2.43. The monoisotopic (exact) mass is 424 g/mol. The summed E-state index contributed by atoms with van der Waals surface area (Å²) in [6.45, 7) is 16.7. The molecule has 2 fully saturated rings. The first-order valence-electron chi connectivity index (χ1n) is 10.3. The van der Waals surface area contributed by atoms with Crippen molar-refractivity contribution in [3.05, 3.63) is 12.2 Å². The SMILES string of the molecule is C/C=C\[C@@H]1C[C@H](C#N)N(C(=O)O)[C@H]1C(O[Si](C)(C)C(C)(C)C)[C@H]1COC(C)(C)O1. The van der Waals surface area contributed by atoms with Gasteiger partial charge in [-0.15, -0.1) is 0 Å². The highest BCUT2D eigenvalue weighted by Gasteiger charge is 2.54. The minimum Gasteiger partial charge on any atom is -0.465 e. The summed E-state index contributed by atoms with van der Waals surface area (Å²) in [5, 5.41) is 19.5. The second-order valence-electron chi connectivity index (χ2n) is 9.96. The lowest BCUT2D eigenvalue weighted by molar-refractivity contribution is -0.154. The second kappa shape index (κ2) is 8.38. The predicted molar refractivity (Wildman–Crippen MR) is 113 cm³/mol. The first-order valence-corrected chi connectivity index (χ1v) is 13.2.